The van der Waals surface area contributed by atoms with Crippen LogP contribution in [0.15, 0.2) is 18.2 Å². The molecule has 2 rings (SSSR count). The molecular formula is C17H27N3O3. The smallest absolute Gasteiger partial charge is 0.237 e. The summed E-state index contributed by atoms with van der Waals surface area (Å²) in [5, 5.41) is 6.38. The summed E-state index contributed by atoms with van der Waals surface area (Å²) < 4.78 is 10.7. The van der Waals surface area contributed by atoms with E-state index in [1.165, 1.54) is 0 Å². The Morgan fingerprint density at radius 2 is 1.91 bits per heavy atom. The molecule has 1 aromatic carbocycles. The number of rotatable bonds is 6. The molecule has 1 aliphatic heterocycles. The molecule has 2 unspecified atom stereocenters. The summed E-state index contributed by atoms with van der Waals surface area (Å²) in [6, 6.07) is 5.31. The van der Waals surface area contributed by atoms with Crippen LogP contribution in [-0.2, 0) is 4.79 Å². The van der Waals surface area contributed by atoms with Gasteiger partial charge in [0.2, 0.25) is 5.91 Å². The Balaban J connectivity index is 2.05. The van der Waals surface area contributed by atoms with Gasteiger partial charge < -0.3 is 20.1 Å². The molecule has 2 N–H and O–H groups in total. The fourth-order valence-electron chi connectivity index (χ4n) is 2.82. The standard InChI is InChI=1S/C17H27N3O3/c1-12(15-11-14(22-3)5-6-16(15)23-4)19-17(21)13(2)20-9-7-18-8-10-20/h5-6,11-13,18H,7-10H2,1-4H3,(H,19,21). The van der Waals surface area contributed by atoms with Crippen molar-refractivity contribution in [2.75, 3.05) is 40.4 Å². The number of carbonyl (C=O) groups excluding carboxylic acids is 1. The lowest BCUT2D eigenvalue weighted by molar-refractivity contribution is -0.126. The van der Waals surface area contributed by atoms with E-state index in [1.54, 1.807) is 14.2 Å². The van der Waals surface area contributed by atoms with E-state index in [0.717, 1.165) is 43.2 Å². The van der Waals surface area contributed by atoms with Gasteiger partial charge in [-0.3, -0.25) is 9.69 Å². The van der Waals surface area contributed by atoms with Gasteiger partial charge in [-0.1, -0.05) is 0 Å². The third kappa shape index (κ3) is 4.36. The van der Waals surface area contributed by atoms with Crippen molar-refractivity contribution in [1.82, 2.24) is 15.5 Å². The van der Waals surface area contributed by atoms with Crippen molar-refractivity contribution in [3.8, 4) is 11.5 Å². The Morgan fingerprint density at radius 1 is 1.22 bits per heavy atom. The first-order chi connectivity index (χ1) is 11.1. The predicted molar refractivity (Wildman–Crippen MR) is 90.0 cm³/mol. The SMILES string of the molecule is COc1ccc(OC)c(C(C)NC(=O)C(C)N2CCNCC2)c1. The summed E-state index contributed by atoms with van der Waals surface area (Å²) in [6.07, 6.45) is 0. The lowest BCUT2D eigenvalue weighted by Crippen LogP contribution is -2.52. The Kier molecular flexibility index (Phi) is 6.24. The van der Waals surface area contributed by atoms with E-state index < -0.39 is 0 Å². The molecule has 128 valence electrons. The highest BCUT2D eigenvalue weighted by molar-refractivity contribution is 5.81. The van der Waals surface area contributed by atoms with Gasteiger partial charge in [0, 0.05) is 31.7 Å². The van der Waals surface area contributed by atoms with Crippen molar-refractivity contribution in [3.63, 3.8) is 0 Å². The molecule has 1 fully saturated rings. The zero-order valence-electron chi connectivity index (χ0n) is 14.4. The molecule has 0 aromatic heterocycles. The third-order valence-electron chi connectivity index (χ3n) is 4.34. The van der Waals surface area contributed by atoms with Crippen LogP contribution >= 0.6 is 0 Å². The van der Waals surface area contributed by atoms with Gasteiger partial charge >= 0.3 is 0 Å². The Bertz CT molecular complexity index is 530. The normalized spacial score (nSPS) is 18.1. The highest BCUT2D eigenvalue weighted by Gasteiger charge is 2.24. The monoisotopic (exact) mass is 321 g/mol. The molecule has 0 aliphatic carbocycles. The number of nitrogens with zero attached hydrogens (tertiary/aromatic N) is 1. The second-order valence-electron chi connectivity index (χ2n) is 5.80. The van der Waals surface area contributed by atoms with Gasteiger partial charge in [-0.2, -0.15) is 0 Å². The summed E-state index contributed by atoms with van der Waals surface area (Å²) >= 11 is 0. The lowest BCUT2D eigenvalue weighted by atomic mass is 10.1. The first-order valence-corrected chi connectivity index (χ1v) is 8.04. The molecule has 1 aromatic rings. The highest BCUT2D eigenvalue weighted by Crippen LogP contribution is 2.29. The minimum absolute atomic E-state index is 0.0317. The van der Waals surface area contributed by atoms with E-state index >= 15 is 0 Å². The van der Waals surface area contributed by atoms with Crippen molar-refractivity contribution >= 4 is 5.91 Å². The van der Waals surface area contributed by atoms with Gasteiger partial charge in [-0.05, 0) is 32.0 Å². The highest BCUT2D eigenvalue weighted by atomic mass is 16.5. The Labute approximate surface area is 138 Å². The molecule has 2 atom stereocenters. The van der Waals surface area contributed by atoms with Crippen LogP contribution in [0, 0.1) is 0 Å². The maximum atomic E-state index is 12.5. The number of hydrogen-bond acceptors (Lipinski definition) is 5. The van der Waals surface area contributed by atoms with Gasteiger partial charge in [-0.15, -0.1) is 0 Å². The fraction of sp³-hybridized carbons (Fsp3) is 0.588. The van der Waals surface area contributed by atoms with E-state index in [1.807, 2.05) is 32.0 Å². The number of nitrogens with one attached hydrogen (secondary N) is 2. The molecule has 1 amide bonds. The van der Waals surface area contributed by atoms with Crippen LogP contribution in [0.3, 0.4) is 0 Å². The van der Waals surface area contributed by atoms with Gasteiger partial charge in [0.1, 0.15) is 11.5 Å². The van der Waals surface area contributed by atoms with Crippen molar-refractivity contribution in [3.05, 3.63) is 23.8 Å². The summed E-state index contributed by atoms with van der Waals surface area (Å²) in [5.74, 6) is 1.52. The second-order valence-corrected chi connectivity index (χ2v) is 5.80. The maximum Gasteiger partial charge on any atom is 0.237 e. The van der Waals surface area contributed by atoms with Crippen LogP contribution in [0.4, 0.5) is 0 Å². The van der Waals surface area contributed by atoms with Crippen LogP contribution in [0.5, 0.6) is 11.5 Å². The molecule has 1 saturated heterocycles. The summed E-state index contributed by atoms with van der Waals surface area (Å²) in [5.41, 5.74) is 0.910. The second kappa shape index (κ2) is 8.17. The zero-order valence-corrected chi connectivity index (χ0v) is 14.4. The Hall–Kier alpha value is -1.79. The number of ether oxygens (including phenoxy) is 2. The quantitative estimate of drug-likeness (QED) is 0.824. The summed E-state index contributed by atoms with van der Waals surface area (Å²) in [7, 11) is 3.25. The minimum atomic E-state index is -0.155. The lowest BCUT2D eigenvalue weighted by Gasteiger charge is -2.32. The van der Waals surface area contributed by atoms with Crippen molar-refractivity contribution in [2.24, 2.45) is 0 Å². The molecule has 0 saturated carbocycles. The maximum absolute atomic E-state index is 12.5. The number of benzene rings is 1. The largest absolute Gasteiger partial charge is 0.497 e. The van der Waals surface area contributed by atoms with Crippen molar-refractivity contribution < 1.29 is 14.3 Å². The van der Waals surface area contributed by atoms with Gasteiger partial charge in [0.05, 0.1) is 26.3 Å². The number of hydrogen-bond donors (Lipinski definition) is 2. The van der Waals surface area contributed by atoms with E-state index in [-0.39, 0.29) is 18.0 Å². The molecule has 0 radical (unpaired) electrons. The molecular weight excluding hydrogens is 294 g/mol. The van der Waals surface area contributed by atoms with E-state index in [0.29, 0.717) is 0 Å². The molecule has 6 heteroatoms. The van der Waals surface area contributed by atoms with Crippen molar-refractivity contribution in [1.29, 1.82) is 0 Å². The van der Waals surface area contributed by atoms with E-state index in [9.17, 15) is 4.79 Å². The molecule has 1 aliphatic rings. The average Bonchev–Trinajstić information content (AvgIpc) is 2.61. The number of amides is 1. The van der Waals surface area contributed by atoms with Gasteiger partial charge in [0.15, 0.2) is 0 Å². The van der Waals surface area contributed by atoms with Crippen LogP contribution in [0.25, 0.3) is 0 Å². The zero-order chi connectivity index (χ0) is 16.8. The number of methoxy groups -OCH3 is 2. The van der Waals surface area contributed by atoms with E-state index in [4.69, 9.17) is 9.47 Å². The number of carbonyl (C=O) groups is 1. The van der Waals surface area contributed by atoms with Crippen LogP contribution in [-0.4, -0.2) is 57.2 Å². The molecule has 23 heavy (non-hydrogen) atoms. The van der Waals surface area contributed by atoms with Crippen molar-refractivity contribution in [2.45, 2.75) is 25.9 Å². The number of piperazine rings is 1. The first-order valence-electron chi connectivity index (χ1n) is 8.04. The summed E-state index contributed by atoms with van der Waals surface area (Å²) in [6.45, 7) is 7.56. The van der Waals surface area contributed by atoms with E-state index in [2.05, 4.69) is 15.5 Å². The predicted octanol–water partition coefficient (Wildman–Crippen LogP) is 1.17. The summed E-state index contributed by atoms with van der Waals surface area (Å²) in [4.78, 5) is 14.7. The minimum Gasteiger partial charge on any atom is -0.497 e. The molecule has 6 nitrogen and oxygen atoms in total. The van der Waals surface area contributed by atoms with Gasteiger partial charge in [0.25, 0.3) is 0 Å². The third-order valence-corrected chi connectivity index (χ3v) is 4.34. The average molecular weight is 321 g/mol. The van der Waals surface area contributed by atoms with Crippen LogP contribution < -0.4 is 20.1 Å². The van der Waals surface area contributed by atoms with Crippen LogP contribution in [0.1, 0.15) is 25.5 Å². The topological polar surface area (TPSA) is 62.8 Å². The first kappa shape index (κ1) is 17.6. The Morgan fingerprint density at radius 3 is 2.52 bits per heavy atom. The van der Waals surface area contributed by atoms with Gasteiger partial charge in [-0.25, -0.2) is 0 Å². The molecule has 1 heterocycles. The van der Waals surface area contributed by atoms with Crippen LogP contribution in [0.2, 0.25) is 0 Å². The molecule has 0 bridgehead atoms. The molecule has 0 spiro atoms. The fourth-order valence-corrected chi connectivity index (χ4v) is 2.82.